The Morgan fingerprint density at radius 3 is 2.17 bits per heavy atom. The van der Waals surface area contributed by atoms with Crippen molar-refractivity contribution in [3.8, 4) is 0 Å². The van der Waals surface area contributed by atoms with E-state index in [1.54, 1.807) is 32.0 Å². The normalized spacial score (nSPS) is 15.4. The van der Waals surface area contributed by atoms with E-state index in [9.17, 15) is 14.4 Å². The summed E-state index contributed by atoms with van der Waals surface area (Å²) in [5.74, 6) is -1.53. The van der Waals surface area contributed by atoms with Crippen LogP contribution in [-0.2, 0) is 19.1 Å². The van der Waals surface area contributed by atoms with Gasteiger partial charge in [0, 0.05) is 30.5 Å². The van der Waals surface area contributed by atoms with Gasteiger partial charge in [0.05, 0.1) is 22.2 Å². The van der Waals surface area contributed by atoms with Gasteiger partial charge in [0.15, 0.2) is 0 Å². The smallest absolute Gasteiger partial charge is 0.336 e. The van der Waals surface area contributed by atoms with E-state index in [0.717, 1.165) is 0 Å². The second kappa shape index (κ2) is 13.6. The first-order chi connectivity index (χ1) is 19.3. The number of nitrogens with zero attached hydrogens (tertiary/aromatic N) is 1. The number of benzene rings is 3. The van der Waals surface area contributed by atoms with E-state index < -0.39 is 11.9 Å². The van der Waals surface area contributed by atoms with Crippen LogP contribution in [0.2, 0.25) is 10.0 Å². The van der Waals surface area contributed by atoms with Crippen molar-refractivity contribution in [3.63, 3.8) is 0 Å². The minimum absolute atomic E-state index is 0.000811. The number of halogens is 2. The third-order valence-electron chi connectivity index (χ3n) is 7.13. The van der Waals surface area contributed by atoms with Crippen LogP contribution in [0.3, 0.4) is 0 Å². The molecule has 0 aromatic heterocycles. The molecular formula is C32H32Cl2N2O4. The van der Waals surface area contributed by atoms with Gasteiger partial charge in [-0.3, -0.25) is 9.59 Å². The number of carbonyl (C=O) groups excluding carboxylic acids is 3. The van der Waals surface area contributed by atoms with E-state index in [0.29, 0.717) is 39.8 Å². The summed E-state index contributed by atoms with van der Waals surface area (Å²) in [5, 5.41) is 3.68. The first kappa shape index (κ1) is 29.4. The quantitative estimate of drug-likeness (QED) is 0.279. The topological polar surface area (TPSA) is 75.7 Å². The lowest BCUT2D eigenvalue weighted by molar-refractivity contribution is -0.141. The maximum Gasteiger partial charge on any atom is 0.336 e. The van der Waals surface area contributed by atoms with Crippen LogP contribution in [0.15, 0.2) is 90.1 Å². The van der Waals surface area contributed by atoms with Crippen LogP contribution in [0.25, 0.3) is 0 Å². The third-order valence-corrected chi connectivity index (χ3v) is 7.86. The maximum atomic E-state index is 13.3. The Morgan fingerprint density at radius 1 is 0.975 bits per heavy atom. The van der Waals surface area contributed by atoms with Gasteiger partial charge in [-0.1, -0.05) is 89.9 Å². The van der Waals surface area contributed by atoms with Gasteiger partial charge in [0.1, 0.15) is 6.54 Å². The van der Waals surface area contributed by atoms with Crippen LogP contribution in [0.4, 0.5) is 0 Å². The number of carbonyl (C=O) groups is 3. The zero-order valence-electron chi connectivity index (χ0n) is 22.5. The standard InChI is InChI=1S/C32H32Cl2N2O4/c1-3-40-32(39)31-21(2)36(30(38)19-26(31)24-14-15-27(33)28(34)18-24)20-29(37)35-17-16-25(22-10-6-4-7-11-22)23-12-8-5-9-13-23/h4-15,18,25-26H,3,16-17,19-20H2,1-2H3,(H,35,37). The molecule has 1 N–H and O–H groups in total. The van der Waals surface area contributed by atoms with Gasteiger partial charge in [-0.25, -0.2) is 4.79 Å². The van der Waals surface area contributed by atoms with Gasteiger partial charge >= 0.3 is 5.97 Å². The molecule has 1 atom stereocenters. The van der Waals surface area contributed by atoms with Crippen LogP contribution in [0.1, 0.15) is 55.2 Å². The number of hydrogen-bond donors (Lipinski definition) is 1. The molecule has 0 bridgehead atoms. The Balaban J connectivity index is 1.49. The average Bonchev–Trinajstić information content (AvgIpc) is 2.95. The van der Waals surface area contributed by atoms with Crippen molar-refractivity contribution in [1.82, 2.24) is 10.2 Å². The summed E-state index contributed by atoms with van der Waals surface area (Å²) >= 11 is 12.3. The Labute approximate surface area is 244 Å². The summed E-state index contributed by atoms with van der Waals surface area (Å²) in [5.41, 5.74) is 3.75. The van der Waals surface area contributed by atoms with Gasteiger partial charge in [-0.05, 0) is 49.1 Å². The largest absolute Gasteiger partial charge is 0.463 e. The fourth-order valence-electron chi connectivity index (χ4n) is 5.14. The molecule has 4 rings (SSSR count). The Morgan fingerprint density at radius 2 is 1.60 bits per heavy atom. The highest BCUT2D eigenvalue weighted by Crippen LogP contribution is 2.39. The van der Waals surface area contributed by atoms with E-state index in [1.165, 1.54) is 16.0 Å². The highest BCUT2D eigenvalue weighted by molar-refractivity contribution is 6.42. The molecule has 0 saturated heterocycles. The lowest BCUT2D eigenvalue weighted by Crippen LogP contribution is -2.44. The number of ether oxygens (including phenoxy) is 1. The monoisotopic (exact) mass is 578 g/mol. The van der Waals surface area contributed by atoms with Gasteiger partial charge in [0.25, 0.3) is 0 Å². The third kappa shape index (κ3) is 6.93. The van der Waals surface area contributed by atoms with E-state index in [-0.39, 0.29) is 37.3 Å². The summed E-state index contributed by atoms with van der Waals surface area (Å²) < 4.78 is 5.33. The number of rotatable bonds is 10. The van der Waals surface area contributed by atoms with Gasteiger partial charge in [-0.2, -0.15) is 0 Å². The summed E-state index contributed by atoms with van der Waals surface area (Å²) in [6.45, 7) is 3.81. The highest BCUT2D eigenvalue weighted by Gasteiger charge is 2.37. The molecule has 8 heteroatoms. The van der Waals surface area contributed by atoms with Crippen LogP contribution < -0.4 is 5.32 Å². The molecule has 1 unspecified atom stereocenters. The van der Waals surface area contributed by atoms with E-state index in [1.807, 2.05) is 36.4 Å². The fraction of sp³-hybridized carbons (Fsp3) is 0.281. The van der Waals surface area contributed by atoms with E-state index in [4.69, 9.17) is 27.9 Å². The number of nitrogens with one attached hydrogen (secondary N) is 1. The summed E-state index contributed by atoms with van der Waals surface area (Å²) in [7, 11) is 0. The number of allylic oxidation sites excluding steroid dienone is 1. The first-order valence-corrected chi connectivity index (χ1v) is 14.1. The molecule has 0 aliphatic carbocycles. The maximum absolute atomic E-state index is 13.3. The molecule has 1 heterocycles. The molecule has 0 saturated carbocycles. The number of amides is 2. The predicted molar refractivity (Wildman–Crippen MR) is 157 cm³/mol. The predicted octanol–water partition coefficient (Wildman–Crippen LogP) is 6.48. The van der Waals surface area contributed by atoms with Crippen molar-refractivity contribution in [1.29, 1.82) is 0 Å². The minimum atomic E-state index is -0.557. The van der Waals surface area contributed by atoms with Crippen LogP contribution in [0.5, 0.6) is 0 Å². The van der Waals surface area contributed by atoms with Gasteiger partial charge in [-0.15, -0.1) is 0 Å². The van der Waals surface area contributed by atoms with Crippen LogP contribution in [-0.4, -0.2) is 42.4 Å². The van der Waals surface area contributed by atoms with Crippen molar-refractivity contribution in [3.05, 3.63) is 117 Å². The van der Waals surface area contributed by atoms with Gasteiger partial charge < -0.3 is 15.0 Å². The first-order valence-electron chi connectivity index (χ1n) is 13.3. The molecule has 1 aliphatic rings. The Kier molecular flexibility index (Phi) is 10.0. The summed E-state index contributed by atoms with van der Waals surface area (Å²) in [4.78, 5) is 40.7. The molecule has 0 spiro atoms. The van der Waals surface area contributed by atoms with Crippen molar-refractivity contribution in [2.24, 2.45) is 0 Å². The molecular weight excluding hydrogens is 547 g/mol. The lowest BCUT2D eigenvalue weighted by atomic mass is 9.83. The zero-order chi connectivity index (χ0) is 28.6. The molecule has 1 aliphatic heterocycles. The van der Waals surface area contributed by atoms with Crippen molar-refractivity contribution < 1.29 is 19.1 Å². The number of esters is 1. The molecule has 208 valence electrons. The Bertz CT molecular complexity index is 1350. The zero-order valence-corrected chi connectivity index (χ0v) is 24.0. The SMILES string of the molecule is CCOC(=O)C1=C(C)N(CC(=O)NCCC(c2ccccc2)c2ccccc2)C(=O)CC1c1ccc(Cl)c(Cl)c1. The summed E-state index contributed by atoms with van der Waals surface area (Å²) in [6, 6.07) is 25.4. The van der Waals surface area contributed by atoms with E-state index in [2.05, 4.69) is 29.6 Å². The average molecular weight is 580 g/mol. The van der Waals surface area contributed by atoms with Crippen molar-refractivity contribution >= 4 is 41.0 Å². The van der Waals surface area contributed by atoms with E-state index >= 15 is 0 Å². The van der Waals surface area contributed by atoms with Crippen molar-refractivity contribution in [2.45, 2.75) is 38.5 Å². The summed E-state index contributed by atoms with van der Waals surface area (Å²) in [6.07, 6.45) is 0.691. The van der Waals surface area contributed by atoms with Crippen molar-refractivity contribution in [2.75, 3.05) is 19.7 Å². The molecule has 3 aromatic rings. The Hall–Kier alpha value is -3.61. The van der Waals surface area contributed by atoms with Crippen LogP contribution >= 0.6 is 23.2 Å². The minimum Gasteiger partial charge on any atom is -0.463 e. The molecule has 6 nitrogen and oxygen atoms in total. The van der Waals surface area contributed by atoms with Gasteiger partial charge in [0.2, 0.25) is 11.8 Å². The number of hydrogen-bond acceptors (Lipinski definition) is 4. The lowest BCUT2D eigenvalue weighted by Gasteiger charge is -2.34. The van der Waals surface area contributed by atoms with Crippen LogP contribution in [0, 0.1) is 0 Å². The second-order valence-electron chi connectivity index (χ2n) is 9.64. The fourth-order valence-corrected chi connectivity index (χ4v) is 5.45. The highest BCUT2D eigenvalue weighted by atomic mass is 35.5. The molecule has 2 amide bonds. The second-order valence-corrected chi connectivity index (χ2v) is 10.5. The molecule has 0 radical (unpaired) electrons. The molecule has 3 aromatic carbocycles. The molecule has 0 fully saturated rings. The molecule has 40 heavy (non-hydrogen) atoms.